The molecule has 0 aliphatic heterocycles. The Morgan fingerprint density at radius 1 is 1.13 bits per heavy atom. The Bertz CT molecular complexity index is 1290. The summed E-state index contributed by atoms with van der Waals surface area (Å²) in [6, 6.07) is 11.6. The van der Waals surface area contributed by atoms with Gasteiger partial charge in [0.05, 0.1) is 11.1 Å². The Kier molecular flexibility index (Phi) is 5.07. The maximum absolute atomic E-state index is 12.5. The van der Waals surface area contributed by atoms with Crippen LogP contribution in [-0.4, -0.2) is 25.5 Å². The van der Waals surface area contributed by atoms with Gasteiger partial charge in [-0.25, -0.2) is 9.97 Å². The zero-order valence-electron chi connectivity index (χ0n) is 17.3. The number of nitrogen functional groups attached to an aromatic ring is 1. The zero-order chi connectivity index (χ0) is 22.3. The van der Waals surface area contributed by atoms with E-state index >= 15 is 0 Å². The normalized spacial score (nSPS) is 11.6. The van der Waals surface area contributed by atoms with E-state index < -0.39 is 0 Å². The van der Waals surface area contributed by atoms with E-state index in [1.165, 1.54) is 6.33 Å². The van der Waals surface area contributed by atoms with E-state index in [0.29, 0.717) is 22.1 Å². The smallest absolute Gasteiger partial charge is 0.255 e. The monoisotopic (exact) mass is 435 g/mol. The topological polar surface area (TPSA) is 106 Å². The molecule has 31 heavy (non-hydrogen) atoms. The highest BCUT2D eigenvalue weighted by molar-refractivity contribution is 6.30. The number of nitrogens with two attached hydrogens (primary N) is 1. The number of aromatic hydroxyl groups is 1. The van der Waals surface area contributed by atoms with E-state index in [1.54, 1.807) is 36.4 Å². The summed E-state index contributed by atoms with van der Waals surface area (Å²) in [7, 11) is 0. The third kappa shape index (κ3) is 3.92. The summed E-state index contributed by atoms with van der Waals surface area (Å²) in [5.41, 5.74) is 8.92. The Hall–Kier alpha value is -3.58. The largest absolute Gasteiger partial charge is 0.506 e. The van der Waals surface area contributed by atoms with Crippen molar-refractivity contribution in [3.8, 4) is 16.9 Å². The molecular weight excluding hydrogens is 414 g/mol. The molecular formula is C23H22ClN5O2. The highest BCUT2D eigenvalue weighted by Crippen LogP contribution is 2.38. The number of nitrogens with one attached hydrogen (secondary N) is 1. The fourth-order valence-electron chi connectivity index (χ4n) is 3.42. The molecule has 7 nitrogen and oxygen atoms in total. The molecule has 0 bridgehead atoms. The first-order chi connectivity index (χ1) is 14.6. The van der Waals surface area contributed by atoms with E-state index in [1.807, 2.05) is 16.8 Å². The number of aromatic nitrogens is 3. The van der Waals surface area contributed by atoms with Crippen molar-refractivity contribution >= 4 is 40.0 Å². The van der Waals surface area contributed by atoms with Crippen molar-refractivity contribution < 1.29 is 9.90 Å². The summed E-state index contributed by atoms with van der Waals surface area (Å²) in [5, 5.41) is 14.6. The second-order valence-corrected chi connectivity index (χ2v) is 8.67. The van der Waals surface area contributed by atoms with Crippen LogP contribution in [0.3, 0.4) is 0 Å². The number of phenols is 1. The van der Waals surface area contributed by atoms with Crippen LogP contribution < -0.4 is 11.1 Å². The number of benzene rings is 2. The van der Waals surface area contributed by atoms with E-state index in [9.17, 15) is 9.90 Å². The summed E-state index contributed by atoms with van der Waals surface area (Å²) in [5.74, 6) is -0.0452. The lowest BCUT2D eigenvalue weighted by atomic mass is 10.0. The number of hydrogen-bond donors (Lipinski definition) is 3. The van der Waals surface area contributed by atoms with E-state index in [4.69, 9.17) is 17.3 Å². The van der Waals surface area contributed by atoms with E-state index in [2.05, 4.69) is 36.1 Å². The van der Waals surface area contributed by atoms with Crippen LogP contribution in [0.2, 0.25) is 5.02 Å². The Morgan fingerprint density at radius 3 is 2.48 bits per heavy atom. The fraction of sp³-hybridized carbons (Fsp3) is 0.174. The average molecular weight is 436 g/mol. The van der Waals surface area contributed by atoms with Gasteiger partial charge in [0, 0.05) is 27.9 Å². The molecule has 8 heteroatoms. The van der Waals surface area contributed by atoms with Gasteiger partial charge in [0.15, 0.2) is 0 Å². The zero-order valence-corrected chi connectivity index (χ0v) is 18.1. The van der Waals surface area contributed by atoms with E-state index in [0.717, 1.165) is 22.2 Å². The second kappa shape index (κ2) is 7.59. The lowest BCUT2D eigenvalue weighted by Gasteiger charge is -2.21. The van der Waals surface area contributed by atoms with Crippen molar-refractivity contribution in [3.63, 3.8) is 0 Å². The van der Waals surface area contributed by atoms with Crippen molar-refractivity contribution in [3.05, 3.63) is 65.6 Å². The van der Waals surface area contributed by atoms with Crippen LogP contribution in [0.15, 0.2) is 55.0 Å². The quantitative estimate of drug-likeness (QED) is 0.390. The minimum absolute atomic E-state index is 0.0631. The summed E-state index contributed by atoms with van der Waals surface area (Å²) in [6.45, 7) is 6.21. The molecule has 0 unspecified atom stereocenters. The van der Waals surface area contributed by atoms with Crippen LogP contribution in [0.4, 0.5) is 11.5 Å². The number of anilines is 2. The Labute approximate surface area is 184 Å². The Balaban J connectivity index is 1.72. The third-order valence-electron chi connectivity index (χ3n) is 5.00. The van der Waals surface area contributed by atoms with Gasteiger partial charge in [-0.1, -0.05) is 17.7 Å². The van der Waals surface area contributed by atoms with Crippen molar-refractivity contribution in [1.82, 2.24) is 14.5 Å². The molecule has 2 heterocycles. The van der Waals surface area contributed by atoms with Gasteiger partial charge < -0.3 is 20.7 Å². The number of nitrogens with zero attached hydrogens (tertiary/aromatic N) is 3. The molecule has 0 radical (unpaired) electrons. The van der Waals surface area contributed by atoms with Crippen molar-refractivity contribution in [1.29, 1.82) is 0 Å². The molecule has 0 fully saturated rings. The van der Waals surface area contributed by atoms with Gasteiger partial charge in [-0.15, -0.1) is 0 Å². The summed E-state index contributed by atoms with van der Waals surface area (Å²) in [4.78, 5) is 21.0. The highest BCUT2D eigenvalue weighted by atomic mass is 35.5. The molecule has 0 aliphatic carbocycles. The molecule has 0 spiro atoms. The molecule has 0 saturated heterocycles. The number of halogens is 1. The number of phenolic OH excluding ortho intramolecular Hbond substituents is 1. The molecule has 0 aliphatic rings. The lowest BCUT2D eigenvalue weighted by Crippen LogP contribution is -2.21. The van der Waals surface area contributed by atoms with Gasteiger partial charge in [0.1, 0.15) is 23.5 Å². The van der Waals surface area contributed by atoms with Crippen LogP contribution in [0.25, 0.3) is 22.2 Å². The molecule has 4 rings (SSSR count). The predicted molar refractivity (Wildman–Crippen MR) is 123 cm³/mol. The molecule has 4 N–H and O–H groups in total. The standard InChI is InChI=1S/C23H22ClN5O2/c1-23(2,3)29-11-16(19-20(25)26-12-27-21(19)29)14-6-9-17(18(30)10-14)28-22(31)13-4-7-15(24)8-5-13/h4-12,30H,1-3H3,(H,28,31)(H2,25,26,27). The molecule has 0 saturated carbocycles. The number of rotatable bonds is 3. The molecule has 158 valence electrons. The van der Waals surface area contributed by atoms with Gasteiger partial charge in [-0.05, 0) is 62.7 Å². The van der Waals surface area contributed by atoms with Crippen molar-refractivity contribution in [2.45, 2.75) is 26.3 Å². The van der Waals surface area contributed by atoms with Gasteiger partial charge in [-0.2, -0.15) is 0 Å². The summed E-state index contributed by atoms with van der Waals surface area (Å²) < 4.78 is 2.03. The van der Waals surface area contributed by atoms with Gasteiger partial charge in [0.2, 0.25) is 0 Å². The first kappa shape index (κ1) is 20.7. The maximum atomic E-state index is 12.5. The summed E-state index contributed by atoms with van der Waals surface area (Å²) >= 11 is 5.87. The second-order valence-electron chi connectivity index (χ2n) is 8.23. The first-order valence-corrected chi connectivity index (χ1v) is 10.1. The minimum Gasteiger partial charge on any atom is -0.506 e. The highest BCUT2D eigenvalue weighted by Gasteiger charge is 2.22. The minimum atomic E-state index is -0.346. The van der Waals surface area contributed by atoms with Crippen LogP contribution in [0.1, 0.15) is 31.1 Å². The SMILES string of the molecule is CC(C)(C)n1cc(-c2ccc(NC(=O)c3ccc(Cl)cc3)c(O)c2)c2c(N)ncnc21. The number of hydrogen-bond acceptors (Lipinski definition) is 5. The first-order valence-electron chi connectivity index (χ1n) is 9.67. The molecule has 2 aromatic heterocycles. The van der Waals surface area contributed by atoms with E-state index in [-0.39, 0.29) is 17.2 Å². The van der Waals surface area contributed by atoms with Crippen LogP contribution in [0, 0.1) is 0 Å². The van der Waals surface area contributed by atoms with Gasteiger partial charge >= 0.3 is 0 Å². The average Bonchev–Trinajstić information content (AvgIpc) is 3.11. The number of carbonyl (C=O) groups excluding carboxylic acids is 1. The molecule has 4 aromatic rings. The number of carbonyl (C=O) groups is 1. The van der Waals surface area contributed by atoms with Crippen molar-refractivity contribution in [2.75, 3.05) is 11.1 Å². The third-order valence-corrected chi connectivity index (χ3v) is 5.25. The molecule has 0 atom stereocenters. The van der Waals surface area contributed by atoms with Crippen LogP contribution >= 0.6 is 11.6 Å². The van der Waals surface area contributed by atoms with Gasteiger partial charge in [-0.3, -0.25) is 4.79 Å². The van der Waals surface area contributed by atoms with Crippen molar-refractivity contribution in [2.24, 2.45) is 0 Å². The van der Waals surface area contributed by atoms with Crippen LogP contribution in [-0.2, 0) is 5.54 Å². The summed E-state index contributed by atoms with van der Waals surface area (Å²) in [6.07, 6.45) is 3.40. The lowest BCUT2D eigenvalue weighted by molar-refractivity contribution is 0.102. The number of fused-ring (bicyclic) bond motifs is 1. The predicted octanol–water partition coefficient (Wildman–Crippen LogP) is 5.05. The maximum Gasteiger partial charge on any atom is 0.255 e. The molecule has 1 amide bonds. The fourth-order valence-corrected chi connectivity index (χ4v) is 3.54. The Morgan fingerprint density at radius 2 is 1.84 bits per heavy atom. The van der Waals surface area contributed by atoms with Gasteiger partial charge in [0.25, 0.3) is 5.91 Å². The van der Waals surface area contributed by atoms with Crippen LogP contribution in [0.5, 0.6) is 5.75 Å². The molecule has 2 aromatic carbocycles. The number of amides is 1.